The fourth-order valence-electron chi connectivity index (χ4n) is 0.975. The zero-order chi connectivity index (χ0) is 12.2. The molecule has 5 N–H and O–H groups in total. The maximum absolute atomic E-state index is 9.56. The van der Waals surface area contributed by atoms with Crippen molar-refractivity contribution < 1.29 is 14.9 Å². The molecule has 0 bridgehead atoms. The molecule has 0 spiro atoms. The first-order valence-electron chi connectivity index (χ1n) is 4.72. The summed E-state index contributed by atoms with van der Waals surface area (Å²) < 4.78 is 4.91. The SMILES string of the molecule is COc1cc(NCC(C)(O)CO)nc(N)n1. The minimum atomic E-state index is -1.22. The van der Waals surface area contributed by atoms with Crippen LogP contribution in [0.1, 0.15) is 6.92 Å². The molecule has 0 aliphatic heterocycles. The molecule has 1 aromatic heterocycles. The Morgan fingerprint density at radius 2 is 2.25 bits per heavy atom. The lowest BCUT2D eigenvalue weighted by Crippen LogP contribution is -2.37. The summed E-state index contributed by atoms with van der Waals surface area (Å²) in [6.45, 7) is 1.29. The van der Waals surface area contributed by atoms with Gasteiger partial charge in [-0.15, -0.1) is 0 Å². The molecule has 0 saturated carbocycles. The number of nitrogens with zero attached hydrogens (tertiary/aromatic N) is 2. The van der Waals surface area contributed by atoms with Crippen molar-refractivity contribution in [3.05, 3.63) is 6.07 Å². The second kappa shape index (κ2) is 4.95. The van der Waals surface area contributed by atoms with E-state index in [0.717, 1.165) is 0 Å². The molecule has 7 nitrogen and oxygen atoms in total. The van der Waals surface area contributed by atoms with Gasteiger partial charge in [0.15, 0.2) is 0 Å². The maximum Gasteiger partial charge on any atom is 0.225 e. The van der Waals surface area contributed by atoms with E-state index in [1.165, 1.54) is 14.0 Å². The molecule has 0 amide bonds. The van der Waals surface area contributed by atoms with Crippen LogP contribution in [-0.2, 0) is 0 Å². The molecule has 0 aliphatic carbocycles. The summed E-state index contributed by atoms with van der Waals surface area (Å²) in [4.78, 5) is 7.71. The zero-order valence-electron chi connectivity index (χ0n) is 9.27. The lowest BCUT2D eigenvalue weighted by atomic mass is 10.1. The molecule has 16 heavy (non-hydrogen) atoms. The summed E-state index contributed by atoms with van der Waals surface area (Å²) in [7, 11) is 1.47. The van der Waals surface area contributed by atoms with Crippen LogP contribution in [0, 0.1) is 0 Å². The maximum atomic E-state index is 9.56. The van der Waals surface area contributed by atoms with Gasteiger partial charge >= 0.3 is 0 Å². The number of nitrogens with two attached hydrogens (primary N) is 1. The van der Waals surface area contributed by atoms with Gasteiger partial charge in [-0.05, 0) is 6.92 Å². The van der Waals surface area contributed by atoms with Gasteiger partial charge in [-0.25, -0.2) is 0 Å². The number of aliphatic hydroxyl groups excluding tert-OH is 1. The van der Waals surface area contributed by atoms with Crippen LogP contribution in [-0.4, -0.2) is 46.0 Å². The zero-order valence-corrected chi connectivity index (χ0v) is 9.27. The predicted molar refractivity (Wildman–Crippen MR) is 59.2 cm³/mol. The van der Waals surface area contributed by atoms with Crippen LogP contribution < -0.4 is 15.8 Å². The molecule has 1 heterocycles. The molecule has 0 fully saturated rings. The smallest absolute Gasteiger partial charge is 0.225 e. The van der Waals surface area contributed by atoms with Crippen molar-refractivity contribution in [2.24, 2.45) is 0 Å². The standard InChI is InChI=1S/C9H16N4O3/c1-9(15,5-14)4-11-6-3-7(16-2)13-8(10)12-6/h3,14-15H,4-5H2,1-2H3,(H3,10,11,12,13). The quantitative estimate of drug-likeness (QED) is 0.523. The van der Waals surface area contributed by atoms with Gasteiger partial charge in [0.1, 0.15) is 11.4 Å². The number of aromatic nitrogens is 2. The van der Waals surface area contributed by atoms with Gasteiger partial charge in [0.05, 0.1) is 13.7 Å². The molecular weight excluding hydrogens is 212 g/mol. The predicted octanol–water partition coefficient (Wildman–Crippen LogP) is -0.777. The average Bonchev–Trinajstić information content (AvgIpc) is 2.26. The summed E-state index contributed by atoms with van der Waals surface area (Å²) in [6, 6.07) is 1.55. The fraction of sp³-hybridized carbons (Fsp3) is 0.556. The molecule has 90 valence electrons. The summed E-state index contributed by atoms with van der Waals surface area (Å²) in [6.07, 6.45) is 0. The Hall–Kier alpha value is -1.60. The normalized spacial score (nSPS) is 14.2. The minimum absolute atomic E-state index is 0.0745. The second-order valence-corrected chi connectivity index (χ2v) is 3.66. The molecule has 0 saturated heterocycles. The molecule has 1 atom stereocenters. The molecule has 1 aromatic rings. The third kappa shape index (κ3) is 3.52. The second-order valence-electron chi connectivity index (χ2n) is 3.66. The van der Waals surface area contributed by atoms with Crippen LogP contribution in [0.5, 0.6) is 5.88 Å². The summed E-state index contributed by atoms with van der Waals surface area (Å²) in [5.41, 5.74) is 4.24. The van der Waals surface area contributed by atoms with Crippen LogP contribution in [0.2, 0.25) is 0 Å². The molecule has 1 rings (SSSR count). The minimum Gasteiger partial charge on any atom is -0.481 e. The number of nitrogens with one attached hydrogen (secondary N) is 1. The molecule has 0 radical (unpaired) electrons. The Morgan fingerprint density at radius 3 is 2.81 bits per heavy atom. The average molecular weight is 228 g/mol. The van der Waals surface area contributed by atoms with E-state index in [0.29, 0.717) is 11.7 Å². The van der Waals surface area contributed by atoms with Crippen LogP contribution in [0.25, 0.3) is 0 Å². The van der Waals surface area contributed by atoms with Gasteiger partial charge in [0, 0.05) is 12.6 Å². The fourth-order valence-corrected chi connectivity index (χ4v) is 0.975. The van der Waals surface area contributed by atoms with Gasteiger partial charge < -0.3 is 26.0 Å². The first kappa shape index (κ1) is 12.5. The number of anilines is 2. The number of rotatable bonds is 5. The van der Waals surface area contributed by atoms with E-state index >= 15 is 0 Å². The molecule has 1 unspecified atom stereocenters. The van der Waals surface area contributed by atoms with E-state index in [2.05, 4.69) is 15.3 Å². The van der Waals surface area contributed by atoms with Gasteiger partial charge in [0.25, 0.3) is 0 Å². The molecule has 0 aromatic carbocycles. The first-order valence-corrected chi connectivity index (χ1v) is 4.72. The largest absolute Gasteiger partial charge is 0.481 e. The number of hydrogen-bond acceptors (Lipinski definition) is 7. The third-order valence-corrected chi connectivity index (χ3v) is 1.92. The van der Waals surface area contributed by atoms with E-state index in [4.69, 9.17) is 15.6 Å². The highest BCUT2D eigenvalue weighted by Gasteiger charge is 2.18. The number of aliphatic hydroxyl groups is 2. The number of methoxy groups -OCH3 is 1. The van der Waals surface area contributed by atoms with Gasteiger partial charge in [0.2, 0.25) is 11.8 Å². The highest BCUT2D eigenvalue weighted by Crippen LogP contribution is 2.14. The van der Waals surface area contributed by atoms with Crippen LogP contribution in [0.3, 0.4) is 0 Å². The van der Waals surface area contributed by atoms with Gasteiger partial charge in [-0.3, -0.25) is 0 Å². The van der Waals surface area contributed by atoms with Crippen molar-refractivity contribution in [2.75, 3.05) is 31.3 Å². The molecule has 0 aliphatic rings. The van der Waals surface area contributed by atoms with Crippen molar-refractivity contribution >= 4 is 11.8 Å². The van der Waals surface area contributed by atoms with Crippen LogP contribution in [0.15, 0.2) is 6.07 Å². The van der Waals surface area contributed by atoms with Crippen molar-refractivity contribution in [3.8, 4) is 5.88 Å². The van der Waals surface area contributed by atoms with E-state index in [1.54, 1.807) is 6.07 Å². The lowest BCUT2D eigenvalue weighted by Gasteiger charge is -2.20. The van der Waals surface area contributed by atoms with Crippen molar-refractivity contribution in [1.29, 1.82) is 0 Å². The summed E-state index contributed by atoms with van der Waals surface area (Å²) in [5.74, 6) is 0.835. The van der Waals surface area contributed by atoms with E-state index in [-0.39, 0.29) is 19.1 Å². The number of nitrogen functional groups attached to an aromatic ring is 1. The number of hydrogen-bond donors (Lipinski definition) is 4. The van der Waals surface area contributed by atoms with E-state index in [1.807, 2.05) is 0 Å². The van der Waals surface area contributed by atoms with Crippen molar-refractivity contribution in [2.45, 2.75) is 12.5 Å². The topological polar surface area (TPSA) is 114 Å². The Labute approximate surface area is 93.3 Å². The Bertz CT molecular complexity index is 357. The van der Waals surface area contributed by atoms with Crippen molar-refractivity contribution in [1.82, 2.24) is 9.97 Å². The highest BCUT2D eigenvalue weighted by atomic mass is 16.5. The van der Waals surface area contributed by atoms with Crippen LogP contribution in [0.4, 0.5) is 11.8 Å². The summed E-state index contributed by atoms with van der Waals surface area (Å²) >= 11 is 0. The highest BCUT2D eigenvalue weighted by molar-refractivity contribution is 5.42. The van der Waals surface area contributed by atoms with Gasteiger partial charge in [-0.2, -0.15) is 9.97 Å². The molecule has 7 heteroatoms. The Balaban J connectivity index is 2.70. The number of ether oxygens (including phenoxy) is 1. The molecular formula is C9H16N4O3. The Morgan fingerprint density at radius 1 is 1.56 bits per heavy atom. The Kier molecular flexibility index (Phi) is 3.86. The van der Waals surface area contributed by atoms with E-state index < -0.39 is 5.60 Å². The third-order valence-electron chi connectivity index (χ3n) is 1.92. The van der Waals surface area contributed by atoms with Crippen molar-refractivity contribution in [3.63, 3.8) is 0 Å². The lowest BCUT2D eigenvalue weighted by molar-refractivity contribution is 0.0131. The van der Waals surface area contributed by atoms with Crippen LogP contribution >= 0.6 is 0 Å². The van der Waals surface area contributed by atoms with Gasteiger partial charge in [-0.1, -0.05) is 0 Å². The monoisotopic (exact) mass is 228 g/mol. The van der Waals surface area contributed by atoms with E-state index in [9.17, 15) is 5.11 Å². The first-order chi connectivity index (χ1) is 7.46. The summed E-state index contributed by atoms with van der Waals surface area (Å²) in [5, 5.41) is 21.2.